The Balaban J connectivity index is 4.56. The molecule has 338 valence electrons. The molecule has 0 saturated heterocycles. The minimum absolute atomic E-state index is 0.00382. The summed E-state index contributed by atoms with van der Waals surface area (Å²) in [6.07, 6.45) is 47.3. The molecule has 1 unspecified atom stereocenters. The minimum atomic E-state index is -4.41. The number of quaternary nitrogens is 1. The number of hydrogen-bond donors (Lipinski definition) is 2. The summed E-state index contributed by atoms with van der Waals surface area (Å²) in [6.45, 7) is 3.98. The number of nitrogens with zero attached hydrogens (tertiary/aromatic N) is 1. The van der Waals surface area contributed by atoms with Crippen molar-refractivity contribution in [3.05, 3.63) is 85.1 Å². The zero-order chi connectivity index (χ0) is 43.7. The molecule has 0 bridgehead atoms. The van der Waals surface area contributed by atoms with E-state index in [0.717, 1.165) is 57.8 Å². The van der Waals surface area contributed by atoms with E-state index in [1.165, 1.54) is 38.5 Å². The van der Waals surface area contributed by atoms with E-state index < -0.39 is 32.5 Å². The van der Waals surface area contributed by atoms with E-state index in [0.29, 0.717) is 36.7 Å². The Kier molecular flexibility index (Phi) is 37.4. The van der Waals surface area contributed by atoms with Gasteiger partial charge in [-0.15, -0.1) is 0 Å². The van der Waals surface area contributed by atoms with Crippen LogP contribution in [0.3, 0.4) is 0 Å². The fraction of sp³-hybridized carbons (Fsp3) is 0.667. The highest BCUT2D eigenvalue weighted by molar-refractivity contribution is 7.47. The van der Waals surface area contributed by atoms with E-state index in [-0.39, 0.29) is 32.2 Å². The van der Waals surface area contributed by atoms with Gasteiger partial charge < -0.3 is 24.0 Å². The maximum absolute atomic E-state index is 12.7. The highest BCUT2D eigenvalue weighted by Gasteiger charge is 2.27. The molecule has 0 radical (unpaired) electrons. The first-order chi connectivity index (χ1) is 28.4. The number of aliphatic hydroxyl groups is 1. The number of phosphoric ester groups is 1. The topological polar surface area (TPSA) is 129 Å². The first-order valence-electron chi connectivity index (χ1n) is 22.4. The molecule has 0 aromatic carbocycles. The van der Waals surface area contributed by atoms with Gasteiger partial charge >= 0.3 is 19.8 Å². The van der Waals surface area contributed by atoms with Crippen LogP contribution in [0.25, 0.3) is 0 Å². The highest BCUT2D eigenvalue weighted by atomic mass is 31.2. The number of allylic oxidation sites excluding steroid dienone is 14. The zero-order valence-corrected chi connectivity index (χ0v) is 38.5. The van der Waals surface area contributed by atoms with Crippen LogP contribution in [0.2, 0.25) is 0 Å². The molecule has 3 atom stereocenters. The fourth-order valence-electron chi connectivity index (χ4n) is 5.35. The van der Waals surface area contributed by atoms with Gasteiger partial charge in [-0.1, -0.05) is 131 Å². The summed E-state index contributed by atoms with van der Waals surface area (Å²) in [5.41, 5.74) is 0. The third-order valence-corrected chi connectivity index (χ3v) is 10.0. The van der Waals surface area contributed by atoms with Gasteiger partial charge in [-0.2, -0.15) is 0 Å². The summed E-state index contributed by atoms with van der Waals surface area (Å²) in [7, 11) is 1.38. The number of phosphoric acid groups is 1. The molecule has 10 nitrogen and oxygen atoms in total. The lowest BCUT2D eigenvalue weighted by Crippen LogP contribution is -2.37. The second kappa shape index (κ2) is 39.3. The van der Waals surface area contributed by atoms with Crippen molar-refractivity contribution in [2.45, 2.75) is 161 Å². The fourth-order valence-corrected chi connectivity index (χ4v) is 6.10. The van der Waals surface area contributed by atoms with Crippen molar-refractivity contribution in [3.8, 4) is 0 Å². The summed E-state index contributed by atoms with van der Waals surface area (Å²) in [5, 5.41) is 9.57. The Morgan fingerprint density at radius 2 is 1.05 bits per heavy atom. The van der Waals surface area contributed by atoms with E-state index >= 15 is 0 Å². The molecule has 2 N–H and O–H groups in total. The number of unbranched alkanes of at least 4 members (excludes halogenated alkanes) is 8. The quantitative estimate of drug-likeness (QED) is 0.0204. The smallest absolute Gasteiger partial charge is 0.462 e. The van der Waals surface area contributed by atoms with Gasteiger partial charge in [0.2, 0.25) is 0 Å². The van der Waals surface area contributed by atoms with Crippen LogP contribution in [0.1, 0.15) is 149 Å². The van der Waals surface area contributed by atoms with Crippen LogP contribution in [0.4, 0.5) is 0 Å². The van der Waals surface area contributed by atoms with Crippen molar-refractivity contribution >= 4 is 19.8 Å². The van der Waals surface area contributed by atoms with Crippen LogP contribution in [0, 0.1) is 0 Å². The van der Waals surface area contributed by atoms with Gasteiger partial charge in [-0.3, -0.25) is 18.6 Å². The zero-order valence-electron chi connectivity index (χ0n) is 37.6. The Labute approximate surface area is 359 Å². The number of carbonyl (C=O) groups excluding carboxylic acids is 2. The highest BCUT2D eigenvalue weighted by Crippen LogP contribution is 2.43. The summed E-state index contributed by atoms with van der Waals surface area (Å²) in [5.74, 6) is -0.952. The minimum Gasteiger partial charge on any atom is -0.462 e. The van der Waals surface area contributed by atoms with Crippen LogP contribution in [0.5, 0.6) is 0 Å². The molecule has 0 aliphatic carbocycles. The number of aliphatic hydroxyl groups excluding tert-OH is 1. The van der Waals surface area contributed by atoms with E-state index in [1.54, 1.807) is 0 Å². The average Bonchev–Trinajstić information content (AvgIpc) is 3.19. The summed E-state index contributed by atoms with van der Waals surface area (Å²) >= 11 is 0. The van der Waals surface area contributed by atoms with E-state index in [2.05, 4.69) is 79.8 Å². The number of rotatable bonds is 39. The predicted molar refractivity (Wildman–Crippen MR) is 244 cm³/mol. The van der Waals surface area contributed by atoms with Crippen molar-refractivity contribution in [1.29, 1.82) is 0 Å². The monoisotopic (exact) mass is 849 g/mol. The van der Waals surface area contributed by atoms with Crippen molar-refractivity contribution in [3.63, 3.8) is 0 Å². The van der Waals surface area contributed by atoms with Crippen molar-refractivity contribution in [2.75, 3.05) is 47.5 Å². The number of carbonyl (C=O) groups is 2. The number of ether oxygens (including phenoxy) is 2. The molecule has 0 amide bonds. The maximum atomic E-state index is 12.7. The van der Waals surface area contributed by atoms with Crippen LogP contribution in [-0.4, -0.2) is 86.1 Å². The normalized spacial score (nSPS) is 14.9. The van der Waals surface area contributed by atoms with Crippen molar-refractivity contribution < 1.29 is 47.2 Å². The van der Waals surface area contributed by atoms with Gasteiger partial charge in [0.1, 0.15) is 19.8 Å². The predicted octanol–water partition coefficient (Wildman–Crippen LogP) is 11.8. The van der Waals surface area contributed by atoms with Gasteiger partial charge in [0.15, 0.2) is 6.10 Å². The van der Waals surface area contributed by atoms with E-state index in [1.807, 2.05) is 40.2 Å². The van der Waals surface area contributed by atoms with Crippen LogP contribution in [-0.2, 0) is 32.7 Å². The molecule has 0 aliphatic rings. The first kappa shape index (κ1) is 56.1. The first-order valence-corrected chi connectivity index (χ1v) is 23.9. The van der Waals surface area contributed by atoms with Gasteiger partial charge in [0, 0.05) is 12.8 Å². The molecular weight excluding hydrogens is 766 g/mol. The van der Waals surface area contributed by atoms with Gasteiger partial charge in [0.05, 0.1) is 33.9 Å². The van der Waals surface area contributed by atoms with Crippen molar-refractivity contribution in [2.24, 2.45) is 0 Å². The molecule has 0 saturated carbocycles. The lowest BCUT2D eigenvalue weighted by Gasteiger charge is -2.24. The Morgan fingerprint density at radius 1 is 0.593 bits per heavy atom. The van der Waals surface area contributed by atoms with Gasteiger partial charge in [-0.05, 0) is 89.9 Å². The molecule has 0 aromatic rings. The molecule has 0 aliphatic heterocycles. The van der Waals surface area contributed by atoms with Crippen molar-refractivity contribution in [1.82, 2.24) is 0 Å². The van der Waals surface area contributed by atoms with Crippen LogP contribution >= 0.6 is 7.82 Å². The molecule has 11 heteroatoms. The van der Waals surface area contributed by atoms with E-state index in [9.17, 15) is 24.2 Å². The lowest BCUT2D eigenvalue weighted by atomic mass is 10.1. The maximum Gasteiger partial charge on any atom is 0.472 e. The van der Waals surface area contributed by atoms with Crippen LogP contribution in [0.15, 0.2) is 85.1 Å². The summed E-state index contributed by atoms with van der Waals surface area (Å²) in [6, 6.07) is 0. The van der Waals surface area contributed by atoms with Crippen LogP contribution < -0.4 is 0 Å². The third-order valence-electron chi connectivity index (χ3n) is 9.06. The second-order valence-electron chi connectivity index (χ2n) is 15.9. The molecule has 0 aromatic heterocycles. The SMILES string of the molecule is CCCCCCCC/C=C\C/C=C\C/C=C\CCCC(=O)O[C@H](COC(=O)CCC/C=C\C/C=C\C/C=C\C/C=C\CC[C@@H](O)CC)COP(=O)(O)OCC[N+](C)(C)C. The number of likely N-dealkylation sites (N-methyl/N-ethyl adjacent to an activating group) is 1. The molecule has 0 spiro atoms. The largest absolute Gasteiger partial charge is 0.472 e. The third kappa shape index (κ3) is 43.1. The van der Waals surface area contributed by atoms with Gasteiger partial charge in [0.25, 0.3) is 0 Å². The summed E-state index contributed by atoms with van der Waals surface area (Å²) < 4.78 is 34.1. The molecular formula is C48H83NO9P+. The molecule has 0 fully saturated rings. The number of esters is 2. The second-order valence-corrected chi connectivity index (χ2v) is 17.3. The molecule has 59 heavy (non-hydrogen) atoms. The Bertz CT molecular complexity index is 1300. The molecule has 0 rings (SSSR count). The van der Waals surface area contributed by atoms with E-state index in [4.69, 9.17) is 18.5 Å². The Morgan fingerprint density at radius 3 is 1.56 bits per heavy atom. The summed E-state index contributed by atoms with van der Waals surface area (Å²) in [4.78, 5) is 35.3. The number of hydrogen-bond acceptors (Lipinski definition) is 8. The lowest BCUT2D eigenvalue weighted by molar-refractivity contribution is -0.870. The average molecular weight is 849 g/mol. The standard InChI is InChI=1S/C48H82NO9P/c1-6-8-9-10-11-12-13-14-15-16-17-22-25-28-31-34-37-40-48(52)58-46(44-57-59(53,54)56-42-41-49(3,4)5)43-55-47(51)39-36-33-30-27-24-21-19-18-20-23-26-29-32-35-38-45(50)7-2/h14-15,17,19-23,27-32,45-46,50H,6-13,16,18,24-26,33-44H2,1-5H3/p+1/b15-14-,21-19-,22-17-,23-20-,30-27-,31-28-,32-29-/t45-,46+/m0/s1. The Hall–Kier alpha value is -2.85. The van der Waals surface area contributed by atoms with Gasteiger partial charge in [-0.25, -0.2) is 4.57 Å². The molecule has 0 heterocycles.